The zero-order valence-corrected chi connectivity index (χ0v) is 22.3. The largest absolute Gasteiger partial charge is 0.214 e. The van der Waals surface area contributed by atoms with Crippen LogP contribution < -0.4 is 0 Å². The Kier molecular flexibility index (Phi) is 31.6. The topological polar surface area (TPSA) is 60.7 Å². The van der Waals surface area contributed by atoms with E-state index < -0.39 is 25.4 Å². The minimum atomic E-state index is -4.98. The van der Waals surface area contributed by atoms with Crippen molar-refractivity contribution in [3.05, 3.63) is 30.3 Å². The first kappa shape index (κ1) is 37.9. The van der Waals surface area contributed by atoms with Crippen LogP contribution in [0.1, 0.15) is 41.5 Å². The van der Waals surface area contributed by atoms with Crippen molar-refractivity contribution in [2.24, 2.45) is 0 Å². The molecule has 0 fully saturated rings. The van der Waals surface area contributed by atoms with Gasteiger partial charge in [0.1, 0.15) is 0 Å². The van der Waals surface area contributed by atoms with Gasteiger partial charge in [-0.25, -0.2) is 12.1 Å². The minimum absolute atomic E-state index is 0. The Labute approximate surface area is 182 Å². The summed E-state index contributed by atoms with van der Waals surface area (Å²) in [4.78, 5) is 0. The summed E-state index contributed by atoms with van der Waals surface area (Å²) < 4.78 is 65.4. The van der Waals surface area contributed by atoms with Gasteiger partial charge in [0.15, 0.2) is 0 Å². The first-order valence-corrected chi connectivity index (χ1v) is 10.0. The molecule has 0 spiro atoms. The summed E-state index contributed by atoms with van der Waals surface area (Å²) in [5.41, 5.74) is 0. The predicted molar refractivity (Wildman–Crippen MR) is 93.4 cm³/mol. The van der Waals surface area contributed by atoms with Crippen molar-refractivity contribution in [3.63, 3.8) is 0 Å². The molecule has 1 rings (SSSR count). The molecule has 0 atom stereocenters. The van der Waals surface area contributed by atoms with Gasteiger partial charge < -0.3 is 15.3 Å². The molecule has 1 radical (unpaired) electrons. The van der Waals surface area contributed by atoms with E-state index in [1.54, 1.807) is 41.5 Å². The van der Waals surface area contributed by atoms with Crippen molar-refractivity contribution in [1.82, 2.24) is 0 Å². The third kappa shape index (κ3) is 122. The van der Waals surface area contributed by atoms with Crippen LogP contribution in [0, 0.1) is 0 Å². The maximum Gasteiger partial charge on any atom is 0 e. The Bertz CT molecular complexity index is 304. The molecule has 3 N–H and O–H groups in total. The van der Waals surface area contributed by atoms with Crippen molar-refractivity contribution in [2.75, 3.05) is 0 Å². The SMILES string of the molecule is CC(C)O.CC(C)O.CC(C)O.F[C](F)(F)[GeH][C](F)(F)F.[Hf].c1cc[cH-]c1. The van der Waals surface area contributed by atoms with Gasteiger partial charge in [-0.1, -0.05) is 0 Å². The molecule has 0 amide bonds. The summed E-state index contributed by atoms with van der Waals surface area (Å²) in [6.45, 7) is 10.3. The number of aliphatic hydroxyl groups excluding tert-OH is 3. The molecule has 0 aliphatic rings. The average Bonchev–Trinajstić information content (AvgIpc) is 2.77. The fourth-order valence-electron chi connectivity index (χ4n) is 0.506. The van der Waals surface area contributed by atoms with Gasteiger partial charge in [-0.05, 0) is 41.5 Å². The monoisotopic (exact) mass is 638 g/mol. The molecule has 0 aliphatic carbocycles. The van der Waals surface area contributed by atoms with E-state index in [0.717, 1.165) is 0 Å². The van der Waals surface area contributed by atoms with Gasteiger partial charge in [0, 0.05) is 44.2 Å². The summed E-state index contributed by atoms with van der Waals surface area (Å²) in [7, 11) is 0. The van der Waals surface area contributed by atoms with Crippen LogP contribution in [0.5, 0.6) is 0 Å². The number of alkyl halides is 6. The van der Waals surface area contributed by atoms with Crippen molar-refractivity contribution < 1.29 is 67.5 Å². The smallest absolute Gasteiger partial charge is 0 e. The fraction of sp³-hybridized carbons (Fsp3) is 0.688. The maximum atomic E-state index is 10.9. The second kappa shape index (κ2) is 22.5. The Hall–Kier alpha value is 0.223. The van der Waals surface area contributed by atoms with Gasteiger partial charge in [0.25, 0.3) is 0 Å². The molecule has 3 nitrogen and oxygen atoms in total. The van der Waals surface area contributed by atoms with Gasteiger partial charge in [-0.15, -0.1) is 0 Å². The Balaban J connectivity index is -0.0000000780. The van der Waals surface area contributed by atoms with Crippen LogP contribution in [-0.4, -0.2) is 59.1 Å². The van der Waals surface area contributed by atoms with E-state index in [1.165, 1.54) is 0 Å². The molecule has 0 aliphatic heterocycles. The van der Waals surface area contributed by atoms with Gasteiger partial charge in [-0.2, -0.15) is 18.2 Å². The molecule has 0 unspecified atom stereocenters. The van der Waals surface area contributed by atoms with Crippen molar-refractivity contribution in [1.29, 1.82) is 0 Å². The van der Waals surface area contributed by atoms with Crippen molar-refractivity contribution in [2.45, 2.75) is 69.9 Å². The Morgan fingerprint density at radius 2 is 0.852 bits per heavy atom. The van der Waals surface area contributed by atoms with Crippen LogP contribution in [-0.2, 0) is 25.8 Å². The molecule has 0 saturated carbocycles. The molecule has 0 saturated heterocycles. The Morgan fingerprint density at radius 1 is 0.667 bits per heavy atom. The third-order valence-electron chi connectivity index (χ3n) is 0.883. The summed E-state index contributed by atoms with van der Waals surface area (Å²) in [5, 5.41) is 14.2. The fourth-order valence-corrected chi connectivity index (χ4v) is 1.29. The number of rotatable bonds is 0. The normalized spacial score (nSPS) is 10.1. The zero-order valence-electron chi connectivity index (χ0n) is 16.3. The molecule has 27 heavy (non-hydrogen) atoms. The van der Waals surface area contributed by atoms with E-state index in [-0.39, 0.29) is 44.2 Å². The standard InChI is InChI=1S/C5H5.3C3H8O.C2HF6Ge.Hf/c1-2-4-5-3-1;3*1-3(2)4;3-1(4,5)9-2(6,7)8;/h1-5H;3*3-4H,1-2H3;9H;/q-1;;;;;. The number of aliphatic hydroxyl groups is 3. The molecule has 163 valence electrons. The van der Waals surface area contributed by atoms with Gasteiger partial charge in [0.05, 0.1) is 0 Å². The summed E-state index contributed by atoms with van der Waals surface area (Å²) in [5.74, 6) is 0. The molecular formula is C16H30F6GeHfO3-. The minimum Gasteiger partial charge on any atom is -0.214 e. The van der Waals surface area contributed by atoms with Gasteiger partial charge in [0.2, 0.25) is 0 Å². The van der Waals surface area contributed by atoms with Gasteiger partial charge >= 0.3 is 51.8 Å². The number of halogens is 6. The van der Waals surface area contributed by atoms with E-state index in [2.05, 4.69) is 0 Å². The molecule has 0 bridgehead atoms. The maximum absolute atomic E-state index is 10.9. The molecular weight excluding hydrogens is 605 g/mol. The number of hydrogen-bond donors (Lipinski definition) is 3. The van der Waals surface area contributed by atoms with Crippen LogP contribution in [0.4, 0.5) is 26.3 Å². The first-order chi connectivity index (χ1) is 11.4. The first-order valence-electron chi connectivity index (χ1n) is 7.62. The van der Waals surface area contributed by atoms with Crippen LogP contribution in [0.25, 0.3) is 0 Å². The predicted octanol–water partition coefficient (Wildman–Crippen LogP) is 4.03. The van der Waals surface area contributed by atoms with Crippen LogP contribution in [0.15, 0.2) is 30.3 Å². The number of hydrogen-bond acceptors (Lipinski definition) is 3. The molecule has 0 heterocycles. The van der Waals surface area contributed by atoms with Crippen molar-refractivity contribution >= 4 is 15.4 Å². The van der Waals surface area contributed by atoms with Crippen LogP contribution in [0.2, 0.25) is 0 Å². The summed E-state index contributed by atoms with van der Waals surface area (Å²) in [6, 6.07) is 10.0. The molecule has 1 aromatic carbocycles. The Morgan fingerprint density at radius 3 is 0.889 bits per heavy atom. The molecule has 0 aromatic heterocycles. The van der Waals surface area contributed by atoms with Crippen LogP contribution >= 0.6 is 0 Å². The summed E-state index contributed by atoms with van der Waals surface area (Å²) >= 11 is -4.06. The molecule has 1 aromatic rings. The third-order valence-corrected chi connectivity index (χ3v) is 2.26. The van der Waals surface area contributed by atoms with E-state index in [1.807, 2.05) is 30.3 Å². The van der Waals surface area contributed by atoms with Crippen molar-refractivity contribution in [3.8, 4) is 0 Å². The zero-order chi connectivity index (χ0) is 22.0. The van der Waals surface area contributed by atoms with E-state index in [0.29, 0.717) is 0 Å². The van der Waals surface area contributed by atoms with E-state index in [9.17, 15) is 26.3 Å². The van der Waals surface area contributed by atoms with Crippen LogP contribution in [0.3, 0.4) is 0 Å². The second-order valence-corrected chi connectivity index (χ2v) is 8.82. The van der Waals surface area contributed by atoms with Gasteiger partial charge in [-0.3, -0.25) is 0 Å². The van der Waals surface area contributed by atoms with E-state index >= 15 is 0 Å². The second-order valence-electron chi connectivity index (χ2n) is 5.47. The van der Waals surface area contributed by atoms with E-state index in [4.69, 9.17) is 15.3 Å². The summed E-state index contributed by atoms with van der Waals surface area (Å²) in [6.07, 6.45) is -0.500. The quantitative estimate of drug-likeness (QED) is 0.230. The molecule has 11 heteroatoms. The average molecular weight is 636 g/mol.